The Morgan fingerprint density at radius 1 is 1.32 bits per heavy atom. The van der Waals surface area contributed by atoms with Crippen molar-refractivity contribution in [3.63, 3.8) is 0 Å². The Balaban J connectivity index is 1.37. The van der Waals surface area contributed by atoms with E-state index in [0.717, 1.165) is 25.1 Å². The fourth-order valence-corrected chi connectivity index (χ4v) is 3.29. The predicted molar refractivity (Wildman–Crippen MR) is 72.1 cm³/mol. The maximum atomic E-state index is 12.4. The van der Waals surface area contributed by atoms with Gasteiger partial charge in [-0.2, -0.15) is 13.2 Å². The first kappa shape index (κ1) is 15.1. The molecular formula is C15H17F3N2O2. The molecule has 0 saturated heterocycles. The van der Waals surface area contributed by atoms with Gasteiger partial charge in [0.15, 0.2) is 0 Å². The zero-order valence-electron chi connectivity index (χ0n) is 11.9. The zero-order valence-corrected chi connectivity index (χ0v) is 11.9. The molecule has 2 atom stereocenters. The van der Waals surface area contributed by atoms with Gasteiger partial charge in [-0.25, -0.2) is 4.98 Å². The highest BCUT2D eigenvalue weighted by atomic mass is 19.4. The van der Waals surface area contributed by atoms with Crippen molar-refractivity contribution in [3.8, 4) is 5.88 Å². The van der Waals surface area contributed by atoms with Crippen LogP contribution < -0.4 is 10.1 Å². The predicted octanol–water partition coefficient (Wildman–Crippen LogP) is 2.64. The number of nitrogens with one attached hydrogen (secondary N) is 1. The summed E-state index contributed by atoms with van der Waals surface area (Å²) in [5, 5.41) is 2.81. The minimum atomic E-state index is -4.40. The Labute approximate surface area is 126 Å². The molecule has 7 heteroatoms. The molecule has 0 aliphatic heterocycles. The maximum absolute atomic E-state index is 12.4. The minimum Gasteiger partial charge on any atom is -0.476 e. The summed E-state index contributed by atoms with van der Waals surface area (Å²) in [6, 6.07) is 2.10. The van der Waals surface area contributed by atoms with Crippen molar-refractivity contribution >= 4 is 5.91 Å². The molecular weight excluding hydrogens is 297 g/mol. The Kier molecular flexibility index (Phi) is 3.97. The Bertz CT molecular complexity index is 535. The molecule has 2 saturated carbocycles. The normalized spacial score (nSPS) is 26.4. The second-order valence-corrected chi connectivity index (χ2v) is 5.81. The molecule has 0 spiro atoms. The van der Waals surface area contributed by atoms with Gasteiger partial charge in [0.2, 0.25) is 11.8 Å². The third-order valence-corrected chi connectivity index (χ3v) is 4.42. The molecule has 0 bridgehead atoms. The molecule has 1 N–H and O–H groups in total. The molecule has 120 valence electrons. The molecule has 4 nitrogen and oxygen atoms in total. The second-order valence-electron chi connectivity index (χ2n) is 5.81. The van der Waals surface area contributed by atoms with Gasteiger partial charge in [-0.15, -0.1) is 0 Å². The second kappa shape index (κ2) is 5.78. The molecule has 0 aromatic carbocycles. The van der Waals surface area contributed by atoms with Crippen LogP contribution in [0.25, 0.3) is 0 Å². The summed E-state index contributed by atoms with van der Waals surface area (Å²) in [6.07, 6.45) is -0.146. The topological polar surface area (TPSA) is 51.2 Å². The van der Waals surface area contributed by atoms with E-state index in [2.05, 4.69) is 10.3 Å². The molecule has 0 radical (unpaired) electrons. The van der Waals surface area contributed by atoms with Gasteiger partial charge in [0.1, 0.15) is 6.61 Å². The van der Waals surface area contributed by atoms with E-state index in [4.69, 9.17) is 4.74 Å². The number of hydrogen-bond donors (Lipinski definition) is 1. The van der Waals surface area contributed by atoms with Gasteiger partial charge in [0.25, 0.3) is 0 Å². The number of ether oxygens (including phenoxy) is 1. The summed E-state index contributed by atoms with van der Waals surface area (Å²) < 4.78 is 42.3. The molecule has 22 heavy (non-hydrogen) atoms. The van der Waals surface area contributed by atoms with Crippen molar-refractivity contribution in [3.05, 3.63) is 23.9 Å². The lowest BCUT2D eigenvalue weighted by Crippen LogP contribution is -2.30. The summed E-state index contributed by atoms with van der Waals surface area (Å²) in [7, 11) is 0. The van der Waals surface area contributed by atoms with Gasteiger partial charge in [-0.1, -0.05) is 6.42 Å². The lowest BCUT2D eigenvalue weighted by atomic mass is 10.1. The first-order valence-corrected chi connectivity index (χ1v) is 7.40. The third kappa shape index (κ3) is 3.18. The van der Waals surface area contributed by atoms with Crippen LogP contribution in [0.4, 0.5) is 13.2 Å². The fourth-order valence-electron chi connectivity index (χ4n) is 3.29. The van der Waals surface area contributed by atoms with Crippen LogP contribution in [-0.4, -0.2) is 24.0 Å². The summed E-state index contributed by atoms with van der Waals surface area (Å²) in [4.78, 5) is 15.5. The molecule has 1 heterocycles. The first-order valence-electron chi connectivity index (χ1n) is 7.40. The van der Waals surface area contributed by atoms with Crippen LogP contribution in [0.15, 0.2) is 18.3 Å². The highest BCUT2D eigenvalue weighted by molar-refractivity contribution is 5.82. The lowest BCUT2D eigenvalue weighted by Gasteiger charge is -2.09. The van der Waals surface area contributed by atoms with Gasteiger partial charge < -0.3 is 10.1 Å². The number of halogens is 3. The van der Waals surface area contributed by atoms with Crippen LogP contribution in [0.5, 0.6) is 5.88 Å². The van der Waals surface area contributed by atoms with Gasteiger partial charge >= 0.3 is 6.18 Å². The van der Waals surface area contributed by atoms with Crippen molar-refractivity contribution in [2.75, 3.05) is 13.2 Å². The molecule has 3 rings (SSSR count). The van der Waals surface area contributed by atoms with Gasteiger partial charge in [0, 0.05) is 18.2 Å². The summed E-state index contributed by atoms with van der Waals surface area (Å²) in [6.45, 7) is 0.517. The molecule has 2 aliphatic rings. The first-order chi connectivity index (χ1) is 10.5. The van der Waals surface area contributed by atoms with E-state index in [1.165, 1.54) is 12.5 Å². The van der Waals surface area contributed by atoms with E-state index in [0.29, 0.717) is 18.4 Å². The van der Waals surface area contributed by atoms with Crippen LogP contribution in [0.1, 0.15) is 24.8 Å². The number of carbonyl (C=O) groups is 1. The standard InChI is InChI=1S/C15H17F3N2O2/c16-15(17,18)9-4-5-12(20-8-9)22-7-6-19-14(21)13-10-2-1-3-11(10)13/h4-5,8,10-11,13H,1-3,6-7H2,(H,19,21)/t10-,11-/m1/s1. The lowest BCUT2D eigenvalue weighted by molar-refractivity contribution is -0.137. The highest BCUT2D eigenvalue weighted by Gasteiger charge is 2.56. The monoisotopic (exact) mass is 314 g/mol. The SMILES string of the molecule is O=C(NCCOc1ccc(C(F)(F)F)cn1)C1[C@@H]2CCC[C@@H]12. The summed E-state index contributed by atoms with van der Waals surface area (Å²) >= 11 is 0. The van der Waals surface area contributed by atoms with E-state index in [9.17, 15) is 18.0 Å². The Morgan fingerprint density at radius 3 is 2.64 bits per heavy atom. The Hall–Kier alpha value is -1.79. The number of fused-ring (bicyclic) bond motifs is 1. The average molecular weight is 314 g/mol. The highest BCUT2D eigenvalue weighted by Crippen LogP contribution is 2.57. The van der Waals surface area contributed by atoms with Crippen molar-refractivity contribution in [2.45, 2.75) is 25.4 Å². The molecule has 1 aromatic heterocycles. The van der Waals surface area contributed by atoms with Gasteiger partial charge in [-0.3, -0.25) is 4.79 Å². The number of hydrogen-bond acceptors (Lipinski definition) is 3. The number of amides is 1. The number of alkyl halides is 3. The number of carbonyl (C=O) groups excluding carboxylic acids is 1. The van der Waals surface area contributed by atoms with Gasteiger partial charge in [0.05, 0.1) is 12.1 Å². The van der Waals surface area contributed by atoms with Crippen LogP contribution >= 0.6 is 0 Å². The number of pyridine rings is 1. The van der Waals surface area contributed by atoms with Crippen molar-refractivity contribution in [1.82, 2.24) is 10.3 Å². The largest absolute Gasteiger partial charge is 0.476 e. The summed E-state index contributed by atoms with van der Waals surface area (Å²) in [5.41, 5.74) is -0.812. The molecule has 1 amide bonds. The van der Waals surface area contributed by atoms with Crippen molar-refractivity contribution in [1.29, 1.82) is 0 Å². The van der Waals surface area contributed by atoms with E-state index in [1.807, 2.05) is 0 Å². The van der Waals surface area contributed by atoms with Crippen molar-refractivity contribution in [2.24, 2.45) is 17.8 Å². The molecule has 0 unspecified atom stereocenters. The molecule has 2 fully saturated rings. The van der Waals surface area contributed by atoms with Crippen LogP contribution in [-0.2, 0) is 11.0 Å². The van der Waals surface area contributed by atoms with Crippen molar-refractivity contribution < 1.29 is 22.7 Å². The average Bonchev–Trinajstić information content (AvgIpc) is 2.96. The Morgan fingerprint density at radius 2 is 2.05 bits per heavy atom. The molecule has 2 aliphatic carbocycles. The van der Waals surface area contributed by atoms with E-state index in [1.54, 1.807) is 0 Å². The minimum absolute atomic E-state index is 0.0682. The van der Waals surface area contributed by atoms with Crippen LogP contribution in [0.2, 0.25) is 0 Å². The third-order valence-electron chi connectivity index (χ3n) is 4.42. The number of aromatic nitrogens is 1. The number of rotatable bonds is 5. The summed E-state index contributed by atoms with van der Waals surface area (Å²) in [5.74, 6) is 1.48. The maximum Gasteiger partial charge on any atom is 0.417 e. The zero-order chi connectivity index (χ0) is 15.7. The van der Waals surface area contributed by atoms with E-state index >= 15 is 0 Å². The number of nitrogens with zero attached hydrogens (tertiary/aromatic N) is 1. The van der Waals surface area contributed by atoms with E-state index < -0.39 is 11.7 Å². The fraction of sp³-hybridized carbons (Fsp3) is 0.600. The van der Waals surface area contributed by atoms with Gasteiger partial charge in [-0.05, 0) is 30.7 Å². The van der Waals surface area contributed by atoms with Crippen LogP contribution in [0.3, 0.4) is 0 Å². The van der Waals surface area contributed by atoms with Crippen LogP contribution in [0, 0.1) is 17.8 Å². The smallest absolute Gasteiger partial charge is 0.417 e. The molecule has 1 aromatic rings. The quantitative estimate of drug-likeness (QED) is 0.850. The van der Waals surface area contributed by atoms with E-state index in [-0.39, 0.29) is 24.3 Å².